The third-order valence-electron chi connectivity index (χ3n) is 9.46. The fourth-order valence-electron chi connectivity index (χ4n) is 7.09. The molecule has 0 bridgehead atoms. The van der Waals surface area contributed by atoms with Crippen LogP contribution in [0.2, 0.25) is 0 Å². The Kier molecular flexibility index (Phi) is 7.02. The lowest BCUT2D eigenvalue weighted by Crippen LogP contribution is -2.09. The summed E-state index contributed by atoms with van der Waals surface area (Å²) in [7, 11) is 0. The van der Waals surface area contributed by atoms with E-state index in [1.54, 1.807) is 0 Å². The third kappa shape index (κ3) is 5.13. The van der Waals surface area contributed by atoms with Gasteiger partial charge >= 0.3 is 0 Å². The predicted octanol–water partition coefficient (Wildman–Crippen LogP) is 12.9. The van der Waals surface area contributed by atoms with E-state index < -0.39 is 0 Å². The van der Waals surface area contributed by atoms with E-state index in [1.165, 1.54) is 56.0 Å². The van der Waals surface area contributed by atoms with E-state index in [9.17, 15) is 4.39 Å². The van der Waals surface area contributed by atoms with Gasteiger partial charge in [-0.15, -0.1) is 0 Å². The Balaban J connectivity index is 1.12. The van der Waals surface area contributed by atoms with Crippen molar-refractivity contribution in [2.24, 2.45) is 0 Å². The Labute approximate surface area is 284 Å². The van der Waals surface area contributed by atoms with Gasteiger partial charge in [-0.05, 0) is 100 Å². The van der Waals surface area contributed by atoms with E-state index in [4.69, 9.17) is 0 Å². The first kappa shape index (κ1) is 28.7. The molecular weight excluding hydrogens is 600 g/mol. The lowest BCUT2D eigenvalue weighted by molar-refractivity contribution is 0.628. The molecule has 0 N–H and O–H groups in total. The molecule has 0 fully saturated rings. The molecule has 0 atom stereocenters. The first-order chi connectivity index (χ1) is 24.2. The number of fused-ring (bicyclic) bond motifs is 4. The van der Waals surface area contributed by atoms with Crippen molar-refractivity contribution >= 4 is 49.6 Å². The van der Waals surface area contributed by atoms with Crippen LogP contribution in [0.3, 0.4) is 0 Å². The third-order valence-corrected chi connectivity index (χ3v) is 9.46. The van der Waals surface area contributed by atoms with E-state index in [1.807, 2.05) is 18.2 Å². The molecule has 8 aromatic carbocycles. The number of aromatic nitrogens is 1. The summed E-state index contributed by atoms with van der Waals surface area (Å²) in [5.41, 5.74) is 11.0. The molecule has 49 heavy (non-hydrogen) atoms. The fraction of sp³-hybridized carbons (Fsp3) is 0. The minimum absolute atomic E-state index is 0.254. The van der Waals surface area contributed by atoms with Crippen LogP contribution in [0.1, 0.15) is 0 Å². The zero-order valence-corrected chi connectivity index (χ0v) is 26.7. The fourth-order valence-corrected chi connectivity index (χ4v) is 7.09. The van der Waals surface area contributed by atoms with Gasteiger partial charge in [-0.25, -0.2) is 4.39 Å². The van der Waals surface area contributed by atoms with Crippen LogP contribution in [0.4, 0.5) is 21.5 Å². The second kappa shape index (κ2) is 12.0. The highest BCUT2D eigenvalue weighted by Crippen LogP contribution is 2.39. The molecule has 232 valence electrons. The Morgan fingerprint density at radius 3 is 1.59 bits per heavy atom. The monoisotopic (exact) mass is 630 g/mol. The van der Waals surface area contributed by atoms with Crippen LogP contribution < -0.4 is 4.90 Å². The molecule has 2 nitrogen and oxygen atoms in total. The quantitative estimate of drug-likeness (QED) is 0.177. The van der Waals surface area contributed by atoms with Crippen LogP contribution in [0.15, 0.2) is 188 Å². The van der Waals surface area contributed by atoms with E-state index in [0.29, 0.717) is 0 Å². The topological polar surface area (TPSA) is 8.17 Å². The van der Waals surface area contributed by atoms with Gasteiger partial charge in [0.15, 0.2) is 0 Å². The van der Waals surface area contributed by atoms with E-state index >= 15 is 0 Å². The molecule has 0 aliphatic carbocycles. The number of para-hydroxylation sites is 1. The van der Waals surface area contributed by atoms with Crippen LogP contribution in [-0.2, 0) is 0 Å². The molecule has 9 rings (SSSR count). The van der Waals surface area contributed by atoms with Gasteiger partial charge in [-0.3, -0.25) is 0 Å². The number of hydrogen-bond acceptors (Lipinski definition) is 1. The standard InChI is InChI=1S/C46H31FN2/c47-37-22-28-40(29-23-37)48(38-24-17-33(18-25-38)32-9-2-1-3-10-32)39-26-19-34(20-27-39)36-21-30-46-43(31-36)42-14-6-7-15-45(42)49(46)44-16-8-12-35-11-4-5-13-41(35)44/h1-31H. The maximum Gasteiger partial charge on any atom is 0.123 e. The van der Waals surface area contributed by atoms with Crippen LogP contribution in [0.25, 0.3) is 60.5 Å². The summed E-state index contributed by atoms with van der Waals surface area (Å²) < 4.78 is 16.4. The van der Waals surface area contributed by atoms with Gasteiger partial charge in [-0.1, -0.05) is 115 Å². The molecule has 0 saturated heterocycles. The van der Waals surface area contributed by atoms with Crippen LogP contribution in [0.5, 0.6) is 0 Å². The molecular formula is C46H31FN2. The molecule has 9 aromatic rings. The summed E-state index contributed by atoms with van der Waals surface area (Å²) in [4.78, 5) is 2.17. The van der Waals surface area contributed by atoms with E-state index in [-0.39, 0.29) is 5.82 Å². The van der Waals surface area contributed by atoms with Crippen molar-refractivity contribution in [1.29, 1.82) is 0 Å². The van der Waals surface area contributed by atoms with Crippen molar-refractivity contribution in [3.05, 3.63) is 194 Å². The Hall–Kier alpha value is -6.45. The number of hydrogen-bond donors (Lipinski definition) is 0. The average molecular weight is 631 g/mol. The highest BCUT2D eigenvalue weighted by Gasteiger charge is 2.16. The van der Waals surface area contributed by atoms with Gasteiger partial charge in [-0.2, -0.15) is 0 Å². The zero-order valence-electron chi connectivity index (χ0n) is 26.7. The second-order valence-corrected chi connectivity index (χ2v) is 12.4. The van der Waals surface area contributed by atoms with Crippen molar-refractivity contribution in [2.75, 3.05) is 4.90 Å². The Morgan fingerprint density at radius 2 is 0.878 bits per heavy atom. The number of nitrogens with zero attached hydrogens (tertiary/aromatic N) is 2. The van der Waals surface area contributed by atoms with Gasteiger partial charge in [0.2, 0.25) is 0 Å². The number of rotatable bonds is 6. The van der Waals surface area contributed by atoms with Gasteiger partial charge in [0.05, 0.1) is 16.7 Å². The summed E-state index contributed by atoms with van der Waals surface area (Å²) in [5.74, 6) is -0.254. The van der Waals surface area contributed by atoms with Crippen molar-refractivity contribution in [2.45, 2.75) is 0 Å². The van der Waals surface area contributed by atoms with Crippen LogP contribution in [-0.4, -0.2) is 4.57 Å². The van der Waals surface area contributed by atoms with Crippen molar-refractivity contribution < 1.29 is 4.39 Å². The van der Waals surface area contributed by atoms with Gasteiger partial charge < -0.3 is 9.47 Å². The molecule has 0 aliphatic rings. The van der Waals surface area contributed by atoms with Gasteiger partial charge in [0.1, 0.15) is 5.82 Å². The molecule has 0 unspecified atom stereocenters. The van der Waals surface area contributed by atoms with Crippen LogP contribution in [0, 0.1) is 5.82 Å². The maximum atomic E-state index is 14.0. The molecule has 1 aromatic heterocycles. The summed E-state index contributed by atoms with van der Waals surface area (Å²) in [6.45, 7) is 0. The second-order valence-electron chi connectivity index (χ2n) is 12.4. The molecule has 1 heterocycles. The zero-order chi connectivity index (χ0) is 32.7. The summed E-state index contributed by atoms with van der Waals surface area (Å²) >= 11 is 0. The number of anilines is 3. The molecule has 0 amide bonds. The lowest BCUT2D eigenvalue weighted by Gasteiger charge is -2.26. The van der Waals surface area contributed by atoms with Crippen LogP contribution >= 0.6 is 0 Å². The first-order valence-electron chi connectivity index (χ1n) is 16.5. The molecule has 0 radical (unpaired) electrons. The van der Waals surface area contributed by atoms with E-state index in [2.05, 4.69) is 167 Å². The molecule has 0 spiro atoms. The highest BCUT2D eigenvalue weighted by atomic mass is 19.1. The van der Waals surface area contributed by atoms with Gasteiger partial charge in [0, 0.05) is 33.2 Å². The smallest absolute Gasteiger partial charge is 0.123 e. The summed E-state index contributed by atoms with van der Waals surface area (Å²) in [6, 6.07) is 64.8. The van der Waals surface area contributed by atoms with Crippen molar-refractivity contribution in [3.63, 3.8) is 0 Å². The van der Waals surface area contributed by atoms with Crippen molar-refractivity contribution in [3.8, 4) is 27.9 Å². The van der Waals surface area contributed by atoms with Crippen molar-refractivity contribution in [1.82, 2.24) is 4.57 Å². The largest absolute Gasteiger partial charge is 0.311 e. The maximum absolute atomic E-state index is 14.0. The SMILES string of the molecule is Fc1ccc(N(c2ccc(-c3ccccc3)cc2)c2ccc(-c3ccc4c(c3)c3ccccc3n4-c3cccc4ccccc34)cc2)cc1. The average Bonchev–Trinajstić information content (AvgIpc) is 3.50. The molecule has 0 aliphatic heterocycles. The van der Waals surface area contributed by atoms with Gasteiger partial charge in [0.25, 0.3) is 0 Å². The predicted molar refractivity (Wildman–Crippen MR) is 204 cm³/mol. The normalized spacial score (nSPS) is 11.4. The van der Waals surface area contributed by atoms with E-state index in [0.717, 1.165) is 33.8 Å². The number of benzene rings is 8. The summed E-state index contributed by atoms with van der Waals surface area (Å²) in [5, 5.41) is 4.90. The number of halogens is 1. The summed E-state index contributed by atoms with van der Waals surface area (Å²) in [6.07, 6.45) is 0. The minimum Gasteiger partial charge on any atom is -0.311 e. The highest BCUT2D eigenvalue weighted by molar-refractivity contribution is 6.11. The molecule has 3 heteroatoms. The lowest BCUT2D eigenvalue weighted by atomic mass is 10.0. The Morgan fingerprint density at radius 1 is 0.367 bits per heavy atom. The minimum atomic E-state index is -0.254. The first-order valence-corrected chi connectivity index (χ1v) is 16.5. The Bertz CT molecular complexity index is 2580. The molecule has 0 saturated carbocycles.